The van der Waals surface area contributed by atoms with Gasteiger partial charge in [0.05, 0.1) is 6.54 Å². The van der Waals surface area contributed by atoms with Crippen molar-refractivity contribution in [1.29, 1.82) is 0 Å². The quantitative estimate of drug-likeness (QED) is 0.840. The zero-order valence-corrected chi connectivity index (χ0v) is 10.4. The Morgan fingerprint density at radius 1 is 1.24 bits per heavy atom. The van der Waals surface area contributed by atoms with Crippen molar-refractivity contribution in [3.8, 4) is 0 Å². The fourth-order valence-electron chi connectivity index (χ4n) is 3.44. The zero-order valence-electron chi connectivity index (χ0n) is 10.4. The molecule has 0 saturated heterocycles. The van der Waals surface area contributed by atoms with E-state index in [0.29, 0.717) is 0 Å². The topological polar surface area (TPSA) is 47.1 Å². The standard InChI is InChI=1S/C13H22N4/c14-11-13(4-2-1-3-5-13)17-9-8-16-7-6-15-12(16)10-17/h6-7H,1-5,8-11,14H2. The molecule has 0 bridgehead atoms. The highest BCUT2D eigenvalue weighted by Gasteiger charge is 2.38. The molecule has 0 atom stereocenters. The predicted octanol–water partition coefficient (Wildman–Crippen LogP) is 1.36. The van der Waals surface area contributed by atoms with E-state index in [2.05, 4.69) is 20.6 Å². The minimum Gasteiger partial charge on any atom is -0.333 e. The van der Waals surface area contributed by atoms with E-state index in [4.69, 9.17) is 5.73 Å². The largest absolute Gasteiger partial charge is 0.333 e. The van der Waals surface area contributed by atoms with Gasteiger partial charge >= 0.3 is 0 Å². The summed E-state index contributed by atoms with van der Waals surface area (Å²) in [6.45, 7) is 3.97. The lowest BCUT2D eigenvalue weighted by Gasteiger charge is -2.47. The Hall–Kier alpha value is -0.870. The van der Waals surface area contributed by atoms with Crippen LogP contribution < -0.4 is 5.73 Å². The molecule has 3 rings (SSSR count). The number of hydrogen-bond acceptors (Lipinski definition) is 3. The molecule has 1 aromatic rings. The van der Waals surface area contributed by atoms with Gasteiger partial charge in [0.15, 0.2) is 0 Å². The van der Waals surface area contributed by atoms with Crippen molar-refractivity contribution >= 4 is 0 Å². The Bertz CT molecular complexity index is 379. The Morgan fingerprint density at radius 2 is 2.06 bits per heavy atom. The van der Waals surface area contributed by atoms with Crippen molar-refractivity contribution in [2.24, 2.45) is 5.73 Å². The highest BCUT2D eigenvalue weighted by atomic mass is 15.3. The van der Waals surface area contributed by atoms with Crippen molar-refractivity contribution in [1.82, 2.24) is 14.5 Å². The van der Waals surface area contributed by atoms with Crippen molar-refractivity contribution in [2.45, 2.75) is 50.7 Å². The molecule has 17 heavy (non-hydrogen) atoms. The van der Waals surface area contributed by atoms with E-state index in [9.17, 15) is 0 Å². The molecule has 4 heteroatoms. The first-order valence-electron chi connectivity index (χ1n) is 6.79. The van der Waals surface area contributed by atoms with Gasteiger partial charge < -0.3 is 10.3 Å². The maximum absolute atomic E-state index is 6.10. The van der Waals surface area contributed by atoms with Gasteiger partial charge in [-0.05, 0) is 12.8 Å². The summed E-state index contributed by atoms with van der Waals surface area (Å²) in [7, 11) is 0. The van der Waals surface area contributed by atoms with Gasteiger partial charge in [0.1, 0.15) is 5.82 Å². The third-order valence-electron chi connectivity index (χ3n) is 4.58. The lowest BCUT2D eigenvalue weighted by atomic mass is 9.80. The summed E-state index contributed by atoms with van der Waals surface area (Å²) in [5, 5.41) is 0. The number of nitrogens with zero attached hydrogens (tertiary/aromatic N) is 3. The molecule has 94 valence electrons. The highest BCUT2D eigenvalue weighted by Crippen LogP contribution is 2.34. The Balaban J connectivity index is 1.80. The SMILES string of the molecule is NCC1(N2CCn3ccnc3C2)CCCCC1. The van der Waals surface area contributed by atoms with Gasteiger partial charge in [-0.15, -0.1) is 0 Å². The molecule has 0 amide bonds. The summed E-state index contributed by atoms with van der Waals surface area (Å²) in [5.74, 6) is 1.20. The van der Waals surface area contributed by atoms with E-state index < -0.39 is 0 Å². The van der Waals surface area contributed by atoms with Gasteiger partial charge in [-0.1, -0.05) is 19.3 Å². The van der Waals surface area contributed by atoms with Crippen LogP contribution in [0.3, 0.4) is 0 Å². The summed E-state index contributed by atoms with van der Waals surface area (Å²) < 4.78 is 2.27. The minimum atomic E-state index is 0.259. The van der Waals surface area contributed by atoms with Gasteiger partial charge in [0.25, 0.3) is 0 Å². The van der Waals surface area contributed by atoms with Crippen LogP contribution in [0.15, 0.2) is 12.4 Å². The number of rotatable bonds is 2. The van der Waals surface area contributed by atoms with Crippen LogP contribution >= 0.6 is 0 Å². The Morgan fingerprint density at radius 3 is 2.82 bits per heavy atom. The fourth-order valence-corrected chi connectivity index (χ4v) is 3.44. The van der Waals surface area contributed by atoms with Crippen LogP contribution in [0, 0.1) is 0 Å². The van der Waals surface area contributed by atoms with Crippen LogP contribution in [0.2, 0.25) is 0 Å². The maximum atomic E-state index is 6.10. The normalized spacial score (nSPS) is 24.5. The summed E-state index contributed by atoms with van der Waals surface area (Å²) in [6.07, 6.45) is 10.6. The average Bonchev–Trinajstić information content (AvgIpc) is 2.86. The molecule has 0 spiro atoms. The van der Waals surface area contributed by atoms with Crippen molar-refractivity contribution < 1.29 is 0 Å². The number of hydrogen-bond donors (Lipinski definition) is 1. The minimum absolute atomic E-state index is 0.259. The van der Waals surface area contributed by atoms with Gasteiger partial charge in [-0.3, -0.25) is 4.90 Å². The van der Waals surface area contributed by atoms with Gasteiger partial charge in [0.2, 0.25) is 0 Å². The highest BCUT2D eigenvalue weighted by molar-refractivity contribution is 5.02. The molecule has 0 radical (unpaired) electrons. The second-order valence-corrected chi connectivity index (χ2v) is 5.45. The first kappa shape index (κ1) is 11.2. The summed E-state index contributed by atoms with van der Waals surface area (Å²) >= 11 is 0. The monoisotopic (exact) mass is 234 g/mol. The molecule has 0 unspecified atom stereocenters. The molecular formula is C13H22N4. The van der Waals surface area contributed by atoms with E-state index >= 15 is 0 Å². The van der Waals surface area contributed by atoms with Gasteiger partial charge in [-0.2, -0.15) is 0 Å². The number of aromatic nitrogens is 2. The second-order valence-electron chi connectivity index (χ2n) is 5.45. The summed E-state index contributed by atoms with van der Waals surface area (Å²) in [5.41, 5.74) is 6.35. The smallest absolute Gasteiger partial charge is 0.122 e. The zero-order chi connectivity index (χ0) is 11.7. The van der Waals surface area contributed by atoms with Crippen molar-refractivity contribution in [3.05, 3.63) is 18.2 Å². The first-order valence-corrected chi connectivity index (χ1v) is 6.79. The fraction of sp³-hybridized carbons (Fsp3) is 0.769. The van der Waals surface area contributed by atoms with Crippen molar-refractivity contribution in [3.63, 3.8) is 0 Å². The predicted molar refractivity (Wildman–Crippen MR) is 67.5 cm³/mol. The van der Waals surface area contributed by atoms with Crippen molar-refractivity contribution in [2.75, 3.05) is 13.1 Å². The van der Waals surface area contributed by atoms with Crippen LogP contribution in [0.1, 0.15) is 37.9 Å². The Labute approximate surface area is 103 Å². The molecule has 0 aromatic carbocycles. The number of fused-ring (bicyclic) bond motifs is 1. The molecule has 4 nitrogen and oxygen atoms in total. The lowest BCUT2D eigenvalue weighted by molar-refractivity contribution is 0.0321. The van der Waals surface area contributed by atoms with Crippen LogP contribution in [-0.4, -0.2) is 33.1 Å². The molecular weight excluding hydrogens is 212 g/mol. The maximum Gasteiger partial charge on any atom is 0.122 e. The average molecular weight is 234 g/mol. The van der Waals surface area contributed by atoms with E-state index in [1.807, 2.05) is 6.20 Å². The van der Waals surface area contributed by atoms with Crippen LogP contribution in [0.5, 0.6) is 0 Å². The third-order valence-corrected chi connectivity index (χ3v) is 4.58. The van der Waals surface area contributed by atoms with Gasteiger partial charge in [0, 0.05) is 37.6 Å². The molecule has 2 aliphatic rings. The van der Waals surface area contributed by atoms with Gasteiger partial charge in [-0.25, -0.2) is 4.98 Å². The second kappa shape index (κ2) is 4.42. The van der Waals surface area contributed by atoms with Crippen LogP contribution in [-0.2, 0) is 13.1 Å². The molecule has 1 saturated carbocycles. The van der Waals surface area contributed by atoms with E-state index in [1.165, 1.54) is 37.9 Å². The number of nitrogens with two attached hydrogens (primary N) is 1. The third kappa shape index (κ3) is 1.89. The molecule has 1 aliphatic heterocycles. The lowest BCUT2D eigenvalue weighted by Crippen LogP contribution is -2.56. The summed E-state index contributed by atoms with van der Waals surface area (Å²) in [4.78, 5) is 7.04. The number of imidazole rings is 1. The van der Waals surface area contributed by atoms with Crippen LogP contribution in [0.25, 0.3) is 0 Å². The Kier molecular flexibility index (Phi) is 2.92. The van der Waals surface area contributed by atoms with E-state index in [-0.39, 0.29) is 5.54 Å². The van der Waals surface area contributed by atoms with Crippen LogP contribution in [0.4, 0.5) is 0 Å². The van der Waals surface area contributed by atoms with E-state index in [1.54, 1.807) is 0 Å². The van der Waals surface area contributed by atoms with E-state index in [0.717, 1.165) is 26.2 Å². The first-order chi connectivity index (χ1) is 8.34. The molecule has 2 heterocycles. The molecule has 1 aromatic heterocycles. The molecule has 2 N–H and O–H groups in total. The molecule has 1 aliphatic carbocycles. The summed E-state index contributed by atoms with van der Waals surface area (Å²) in [6, 6.07) is 0. The molecule has 1 fully saturated rings.